The summed E-state index contributed by atoms with van der Waals surface area (Å²) in [6, 6.07) is 8.91. The van der Waals surface area contributed by atoms with Gasteiger partial charge in [0.15, 0.2) is 0 Å². The number of halogens is 1. The first-order valence-corrected chi connectivity index (χ1v) is 6.37. The summed E-state index contributed by atoms with van der Waals surface area (Å²) in [5.74, 6) is 0. The van der Waals surface area contributed by atoms with Crippen molar-refractivity contribution in [2.24, 2.45) is 0 Å². The van der Waals surface area contributed by atoms with E-state index in [0.717, 1.165) is 13.0 Å². The summed E-state index contributed by atoms with van der Waals surface area (Å²) in [6.45, 7) is 9.33. The fourth-order valence-corrected chi connectivity index (χ4v) is 1.88. The van der Waals surface area contributed by atoms with Crippen molar-refractivity contribution in [3.63, 3.8) is 0 Å². The molecule has 1 atom stereocenters. The molecule has 1 nitrogen and oxygen atoms in total. The standard InChI is InChI=1S/C13H18IN/c1-4-9-15-13(10(2)3)11-5-7-12(14)8-6-11/h5-8,13,15H,2,4,9H2,1,3H3. The van der Waals surface area contributed by atoms with Gasteiger partial charge < -0.3 is 5.32 Å². The molecule has 0 saturated heterocycles. The van der Waals surface area contributed by atoms with Crippen molar-refractivity contribution < 1.29 is 0 Å². The second kappa shape index (κ2) is 6.28. The lowest BCUT2D eigenvalue weighted by molar-refractivity contribution is 0.591. The molecule has 1 unspecified atom stereocenters. The SMILES string of the molecule is C=C(C)C(NCCC)c1ccc(I)cc1. The lowest BCUT2D eigenvalue weighted by Gasteiger charge is -2.19. The van der Waals surface area contributed by atoms with E-state index >= 15 is 0 Å². The summed E-state index contributed by atoms with van der Waals surface area (Å²) in [5, 5.41) is 3.50. The average Bonchev–Trinajstić information content (AvgIpc) is 2.21. The summed E-state index contributed by atoms with van der Waals surface area (Å²) in [4.78, 5) is 0. The van der Waals surface area contributed by atoms with Crippen molar-refractivity contribution in [1.29, 1.82) is 0 Å². The van der Waals surface area contributed by atoms with Crippen LogP contribution in [0.4, 0.5) is 0 Å². The first-order valence-electron chi connectivity index (χ1n) is 5.29. The second-order valence-corrected chi connectivity index (χ2v) is 5.03. The maximum absolute atomic E-state index is 4.04. The zero-order chi connectivity index (χ0) is 11.3. The lowest BCUT2D eigenvalue weighted by atomic mass is 10.0. The van der Waals surface area contributed by atoms with E-state index in [1.54, 1.807) is 0 Å². The van der Waals surface area contributed by atoms with E-state index in [4.69, 9.17) is 0 Å². The number of benzene rings is 1. The molecule has 0 spiro atoms. The van der Waals surface area contributed by atoms with Gasteiger partial charge in [0.05, 0.1) is 6.04 Å². The topological polar surface area (TPSA) is 12.0 Å². The smallest absolute Gasteiger partial charge is 0.0530 e. The Kier molecular flexibility index (Phi) is 5.32. The van der Waals surface area contributed by atoms with Gasteiger partial charge in [0.2, 0.25) is 0 Å². The molecule has 1 aromatic rings. The van der Waals surface area contributed by atoms with Gasteiger partial charge in [-0.25, -0.2) is 0 Å². The van der Waals surface area contributed by atoms with Crippen LogP contribution in [-0.2, 0) is 0 Å². The Morgan fingerprint density at radius 1 is 1.40 bits per heavy atom. The Balaban J connectivity index is 2.79. The summed E-state index contributed by atoms with van der Waals surface area (Å²) in [5.41, 5.74) is 2.47. The van der Waals surface area contributed by atoms with Crippen LogP contribution >= 0.6 is 22.6 Å². The van der Waals surface area contributed by atoms with Gasteiger partial charge in [-0.1, -0.05) is 31.2 Å². The van der Waals surface area contributed by atoms with Gasteiger partial charge in [-0.05, 0) is 60.2 Å². The van der Waals surface area contributed by atoms with Crippen LogP contribution in [0.5, 0.6) is 0 Å². The van der Waals surface area contributed by atoms with E-state index in [2.05, 4.69) is 72.6 Å². The van der Waals surface area contributed by atoms with Crippen LogP contribution in [0.3, 0.4) is 0 Å². The van der Waals surface area contributed by atoms with E-state index in [9.17, 15) is 0 Å². The molecule has 0 fully saturated rings. The Morgan fingerprint density at radius 2 is 2.00 bits per heavy atom. The highest BCUT2D eigenvalue weighted by molar-refractivity contribution is 14.1. The molecular formula is C13H18IN. The van der Waals surface area contributed by atoms with Crippen LogP contribution in [-0.4, -0.2) is 6.54 Å². The van der Waals surface area contributed by atoms with E-state index < -0.39 is 0 Å². The van der Waals surface area contributed by atoms with Crippen molar-refractivity contribution in [2.75, 3.05) is 6.54 Å². The Morgan fingerprint density at radius 3 is 2.47 bits per heavy atom. The molecule has 0 aliphatic carbocycles. The molecular weight excluding hydrogens is 297 g/mol. The van der Waals surface area contributed by atoms with Gasteiger partial charge in [-0.3, -0.25) is 0 Å². The van der Waals surface area contributed by atoms with Crippen LogP contribution in [0.25, 0.3) is 0 Å². The van der Waals surface area contributed by atoms with Gasteiger partial charge >= 0.3 is 0 Å². The fourth-order valence-electron chi connectivity index (χ4n) is 1.52. The van der Waals surface area contributed by atoms with Crippen molar-refractivity contribution >= 4 is 22.6 Å². The van der Waals surface area contributed by atoms with Crippen LogP contribution in [0.15, 0.2) is 36.4 Å². The second-order valence-electron chi connectivity index (χ2n) is 3.79. The van der Waals surface area contributed by atoms with Crippen LogP contribution in [0.2, 0.25) is 0 Å². The third-order valence-corrected chi connectivity index (χ3v) is 3.01. The normalized spacial score (nSPS) is 12.5. The fraction of sp³-hybridized carbons (Fsp3) is 0.385. The molecule has 1 rings (SSSR count). The summed E-state index contributed by atoms with van der Waals surface area (Å²) < 4.78 is 1.27. The lowest BCUT2D eigenvalue weighted by Crippen LogP contribution is -2.22. The Labute approximate surface area is 106 Å². The van der Waals surface area contributed by atoms with Gasteiger partial charge in [-0.2, -0.15) is 0 Å². The molecule has 0 aromatic heterocycles. The molecule has 0 amide bonds. The van der Waals surface area contributed by atoms with Crippen molar-refractivity contribution in [2.45, 2.75) is 26.3 Å². The molecule has 0 aliphatic heterocycles. The summed E-state index contributed by atoms with van der Waals surface area (Å²) >= 11 is 2.32. The summed E-state index contributed by atoms with van der Waals surface area (Å²) in [6.07, 6.45) is 1.15. The third kappa shape index (κ3) is 3.95. The largest absolute Gasteiger partial charge is 0.307 e. The van der Waals surface area contributed by atoms with E-state index in [-0.39, 0.29) is 0 Å². The molecule has 1 N–H and O–H groups in total. The highest BCUT2D eigenvalue weighted by atomic mass is 127. The molecule has 0 bridgehead atoms. The number of hydrogen-bond acceptors (Lipinski definition) is 1. The van der Waals surface area contributed by atoms with Crippen LogP contribution in [0, 0.1) is 3.57 Å². The van der Waals surface area contributed by atoms with Crippen molar-refractivity contribution in [3.05, 3.63) is 45.6 Å². The van der Waals surface area contributed by atoms with E-state index in [1.165, 1.54) is 14.7 Å². The third-order valence-electron chi connectivity index (χ3n) is 2.29. The molecule has 1 aromatic carbocycles. The minimum absolute atomic E-state index is 0.293. The highest BCUT2D eigenvalue weighted by Gasteiger charge is 2.10. The Hall–Kier alpha value is -0.350. The molecule has 2 heteroatoms. The minimum Gasteiger partial charge on any atom is -0.307 e. The number of rotatable bonds is 5. The molecule has 0 aliphatic rings. The monoisotopic (exact) mass is 315 g/mol. The zero-order valence-corrected chi connectivity index (χ0v) is 11.5. The quantitative estimate of drug-likeness (QED) is 0.642. The van der Waals surface area contributed by atoms with Crippen molar-refractivity contribution in [3.8, 4) is 0 Å². The van der Waals surface area contributed by atoms with E-state index in [1.807, 2.05) is 0 Å². The first-order chi connectivity index (χ1) is 7.15. The molecule has 15 heavy (non-hydrogen) atoms. The first kappa shape index (κ1) is 12.7. The molecule has 82 valence electrons. The molecule has 0 heterocycles. The van der Waals surface area contributed by atoms with Gasteiger partial charge in [-0.15, -0.1) is 0 Å². The number of hydrogen-bond donors (Lipinski definition) is 1. The molecule has 0 radical (unpaired) electrons. The minimum atomic E-state index is 0.293. The van der Waals surface area contributed by atoms with E-state index in [0.29, 0.717) is 6.04 Å². The summed E-state index contributed by atoms with van der Waals surface area (Å²) in [7, 11) is 0. The molecule has 0 saturated carbocycles. The maximum Gasteiger partial charge on any atom is 0.0530 e. The maximum atomic E-state index is 4.04. The predicted octanol–water partition coefficient (Wildman–Crippen LogP) is 3.91. The Bertz CT molecular complexity index is 316. The zero-order valence-electron chi connectivity index (χ0n) is 9.39. The van der Waals surface area contributed by atoms with Crippen LogP contribution in [0.1, 0.15) is 31.9 Å². The van der Waals surface area contributed by atoms with Crippen molar-refractivity contribution in [1.82, 2.24) is 5.32 Å². The predicted molar refractivity (Wildman–Crippen MR) is 75.0 cm³/mol. The van der Waals surface area contributed by atoms with Gasteiger partial charge in [0.25, 0.3) is 0 Å². The average molecular weight is 315 g/mol. The van der Waals surface area contributed by atoms with Gasteiger partial charge in [0.1, 0.15) is 0 Å². The highest BCUT2D eigenvalue weighted by Crippen LogP contribution is 2.20. The number of nitrogens with one attached hydrogen (secondary N) is 1. The van der Waals surface area contributed by atoms with Gasteiger partial charge in [0, 0.05) is 3.57 Å². The van der Waals surface area contributed by atoms with Crippen LogP contribution < -0.4 is 5.32 Å².